The number of anilines is 2. The molecule has 0 atom stereocenters. The number of nitrogens with one attached hydrogen (secondary N) is 2. The molecule has 0 saturated heterocycles. The number of benzene rings is 4. The number of aryl methyl sites for hydroxylation is 2. The van der Waals surface area contributed by atoms with Gasteiger partial charge in [0.05, 0.1) is 11.1 Å². The monoisotopic (exact) mass is 764 g/mol. The van der Waals surface area contributed by atoms with E-state index in [4.69, 9.17) is 23.2 Å². The second-order valence-corrected chi connectivity index (χ2v) is 15.2. The molecule has 0 unspecified atom stereocenters. The molecule has 0 heterocycles. The number of carbonyl (C=O) groups excluding carboxylic acids is 2. The Bertz CT molecular complexity index is 2270. The number of carbonyl (C=O) groups is 2. The van der Waals surface area contributed by atoms with E-state index in [1.54, 1.807) is 62.4 Å². The van der Waals surface area contributed by atoms with E-state index >= 15 is 0 Å². The van der Waals surface area contributed by atoms with Crippen LogP contribution in [0.25, 0.3) is 33.4 Å². The third kappa shape index (κ3) is 6.23. The van der Waals surface area contributed by atoms with E-state index in [1.807, 2.05) is 41.5 Å². The van der Waals surface area contributed by atoms with Crippen LogP contribution in [0.2, 0.25) is 10.0 Å². The third-order valence-corrected chi connectivity index (χ3v) is 11.0. The molecule has 4 aromatic rings. The third-order valence-electron chi connectivity index (χ3n) is 10.2. The minimum atomic E-state index is -0.685. The second kappa shape index (κ2) is 14.4. The van der Waals surface area contributed by atoms with Crippen molar-refractivity contribution in [1.29, 1.82) is 0 Å². The standard InChI is InChI=1S/C44H42Cl2N2O6/c1-19(2)33-25-15-21(5)35(41(51)37(25)27(39(49)43(33)53)17-47-31-13-9-11-29(45)23(31)7)36-22(6)16-26-34(20(3)4)44(54)40(50)28(38(26)42(36)52)18-48-32-14-10-12-30(46)24(32)8/h9-20,47-48,51-54H,1-8H3/b27-17-,28-18+. The van der Waals surface area contributed by atoms with Gasteiger partial charge in [-0.3, -0.25) is 9.59 Å². The van der Waals surface area contributed by atoms with Crippen LogP contribution in [0, 0.1) is 39.5 Å². The smallest absolute Gasteiger partial charge is 0.229 e. The first-order valence-electron chi connectivity index (χ1n) is 17.6. The number of aliphatic hydroxyl groups excluding tert-OH is 2. The normalized spacial score (nSPS) is 15.9. The first kappa shape index (κ1) is 38.3. The minimum Gasteiger partial charge on any atom is -0.507 e. The summed E-state index contributed by atoms with van der Waals surface area (Å²) in [5.74, 6) is -3.37. The van der Waals surface area contributed by atoms with E-state index < -0.39 is 23.1 Å². The lowest BCUT2D eigenvalue weighted by atomic mass is 9.75. The highest BCUT2D eigenvalue weighted by Crippen LogP contribution is 2.53. The van der Waals surface area contributed by atoms with Gasteiger partial charge in [0.25, 0.3) is 0 Å². The average molecular weight is 766 g/mol. The van der Waals surface area contributed by atoms with Crippen molar-refractivity contribution in [2.75, 3.05) is 10.6 Å². The fraction of sp³-hybridized carbons (Fsp3) is 0.227. The number of phenolic OH excluding ortho intramolecular Hbond substituents is 2. The van der Waals surface area contributed by atoms with Gasteiger partial charge in [-0.15, -0.1) is 0 Å². The molecule has 54 heavy (non-hydrogen) atoms. The fourth-order valence-electron chi connectivity index (χ4n) is 7.46. The molecule has 8 nitrogen and oxygen atoms in total. The number of hydrogen-bond donors (Lipinski definition) is 6. The summed E-state index contributed by atoms with van der Waals surface area (Å²) in [6.45, 7) is 14.6. The summed E-state index contributed by atoms with van der Waals surface area (Å²) >= 11 is 12.7. The van der Waals surface area contributed by atoms with Crippen molar-refractivity contribution in [3.8, 4) is 22.6 Å². The topological polar surface area (TPSA) is 139 Å². The molecule has 0 amide bonds. The lowest BCUT2D eigenvalue weighted by Gasteiger charge is -2.29. The van der Waals surface area contributed by atoms with E-state index in [2.05, 4.69) is 10.6 Å². The molecule has 2 aliphatic carbocycles. The fourth-order valence-corrected chi connectivity index (χ4v) is 7.80. The van der Waals surface area contributed by atoms with Crippen LogP contribution in [-0.2, 0) is 9.59 Å². The van der Waals surface area contributed by atoms with Crippen LogP contribution in [0.4, 0.5) is 11.4 Å². The second-order valence-electron chi connectivity index (χ2n) is 14.4. The summed E-state index contributed by atoms with van der Waals surface area (Å²) in [5.41, 5.74) is 6.37. The summed E-state index contributed by atoms with van der Waals surface area (Å²) in [6.07, 6.45) is 2.88. The highest BCUT2D eigenvalue weighted by atomic mass is 35.5. The van der Waals surface area contributed by atoms with E-state index in [0.717, 1.165) is 11.1 Å². The van der Waals surface area contributed by atoms with Gasteiger partial charge in [0.2, 0.25) is 11.6 Å². The molecule has 0 radical (unpaired) electrons. The molecule has 10 heteroatoms. The van der Waals surface area contributed by atoms with Crippen LogP contribution in [0.1, 0.15) is 72.2 Å². The van der Waals surface area contributed by atoms with Crippen molar-refractivity contribution in [1.82, 2.24) is 0 Å². The van der Waals surface area contributed by atoms with Crippen molar-refractivity contribution in [3.05, 3.63) is 127 Å². The molecule has 0 saturated carbocycles. The Morgan fingerprint density at radius 2 is 0.926 bits per heavy atom. The molecular formula is C44H42Cl2N2O6. The molecule has 0 aliphatic heterocycles. The molecule has 4 aromatic carbocycles. The van der Waals surface area contributed by atoms with Crippen molar-refractivity contribution in [2.24, 2.45) is 11.8 Å². The Morgan fingerprint density at radius 1 is 0.574 bits per heavy atom. The molecule has 0 bridgehead atoms. The highest BCUT2D eigenvalue weighted by Gasteiger charge is 2.38. The first-order valence-corrected chi connectivity index (χ1v) is 18.4. The summed E-state index contributed by atoms with van der Waals surface area (Å²) in [6, 6.07) is 14.2. The summed E-state index contributed by atoms with van der Waals surface area (Å²) in [7, 11) is 0. The molecule has 278 valence electrons. The van der Waals surface area contributed by atoms with Gasteiger partial charge < -0.3 is 31.1 Å². The Kier molecular flexibility index (Phi) is 10.2. The maximum Gasteiger partial charge on any atom is 0.229 e. The Morgan fingerprint density at radius 3 is 1.26 bits per heavy atom. The van der Waals surface area contributed by atoms with Gasteiger partial charge in [0.15, 0.2) is 11.5 Å². The van der Waals surface area contributed by atoms with Crippen LogP contribution in [0.3, 0.4) is 0 Å². The summed E-state index contributed by atoms with van der Waals surface area (Å²) in [4.78, 5) is 27.9. The number of hydrogen-bond acceptors (Lipinski definition) is 8. The van der Waals surface area contributed by atoms with E-state index in [-0.39, 0.29) is 56.7 Å². The van der Waals surface area contributed by atoms with Gasteiger partial charge in [-0.25, -0.2) is 0 Å². The molecule has 0 aromatic heterocycles. The minimum absolute atomic E-state index is 0.00642. The number of fused-ring (bicyclic) bond motifs is 2. The van der Waals surface area contributed by atoms with Crippen LogP contribution in [0.15, 0.2) is 72.4 Å². The molecule has 6 N–H and O–H groups in total. The number of Topliss-reactive ketones (excluding diaryl/α,β-unsaturated/α-hetero) is 2. The highest BCUT2D eigenvalue weighted by molar-refractivity contribution is 6.35. The zero-order chi connectivity index (χ0) is 39.5. The summed E-state index contributed by atoms with van der Waals surface area (Å²) < 4.78 is 0. The van der Waals surface area contributed by atoms with Crippen molar-refractivity contribution in [2.45, 2.75) is 55.4 Å². The van der Waals surface area contributed by atoms with Gasteiger partial charge in [-0.1, -0.05) is 75.2 Å². The van der Waals surface area contributed by atoms with Gasteiger partial charge in [-0.2, -0.15) is 0 Å². The lowest BCUT2D eigenvalue weighted by molar-refractivity contribution is -0.113. The van der Waals surface area contributed by atoms with Crippen LogP contribution < -0.4 is 10.6 Å². The van der Waals surface area contributed by atoms with Gasteiger partial charge in [0, 0.05) is 67.2 Å². The predicted octanol–water partition coefficient (Wildman–Crippen LogP) is 11.2. The first-order chi connectivity index (χ1) is 25.5. The predicted molar refractivity (Wildman–Crippen MR) is 219 cm³/mol. The van der Waals surface area contributed by atoms with Crippen molar-refractivity contribution >= 4 is 68.4 Å². The van der Waals surface area contributed by atoms with Crippen LogP contribution >= 0.6 is 23.2 Å². The SMILES string of the molecule is Cc1cc2c(c(O)c1-c1c(C)cc3c(c1O)/C(=C\Nc1cccc(Cl)c1C)C(=O)C(O)=C3C(C)C)/C(=C/Nc1cccc(Cl)c1C)C(=O)C(O)=C2C(C)C. The van der Waals surface area contributed by atoms with Gasteiger partial charge >= 0.3 is 0 Å². The Balaban J connectivity index is 1.64. The van der Waals surface area contributed by atoms with E-state index in [0.29, 0.717) is 54.8 Å². The number of aromatic hydroxyl groups is 2. The molecule has 0 fully saturated rings. The number of allylic oxidation sites excluding steroid dienone is 4. The molecule has 2 aliphatic rings. The number of phenols is 2. The van der Waals surface area contributed by atoms with E-state index in [9.17, 15) is 30.0 Å². The number of aliphatic hydroxyl groups is 2. The molecule has 0 spiro atoms. The molecular weight excluding hydrogens is 723 g/mol. The largest absolute Gasteiger partial charge is 0.507 e. The zero-order valence-corrected chi connectivity index (χ0v) is 32.8. The Hall–Kier alpha value is -5.44. The number of rotatable bonds is 7. The zero-order valence-electron chi connectivity index (χ0n) is 31.3. The lowest BCUT2D eigenvalue weighted by Crippen LogP contribution is -2.20. The average Bonchev–Trinajstić information content (AvgIpc) is 3.10. The van der Waals surface area contributed by atoms with Crippen molar-refractivity contribution < 1.29 is 30.0 Å². The van der Waals surface area contributed by atoms with Gasteiger partial charge in [-0.05, 0) is 97.2 Å². The number of ketones is 2. The maximum absolute atomic E-state index is 13.9. The van der Waals surface area contributed by atoms with Crippen LogP contribution in [0.5, 0.6) is 11.5 Å². The van der Waals surface area contributed by atoms with Crippen LogP contribution in [-0.4, -0.2) is 32.0 Å². The summed E-state index contributed by atoms with van der Waals surface area (Å²) in [5, 5.41) is 54.6. The molecule has 6 rings (SSSR count). The maximum atomic E-state index is 13.9. The quantitative estimate of drug-likeness (QED) is 0.102. The van der Waals surface area contributed by atoms with Crippen molar-refractivity contribution in [3.63, 3.8) is 0 Å². The number of halogens is 2. The Labute approximate surface area is 324 Å². The van der Waals surface area contributed by atoms with Gasteiger partial charge in [0.1, 0.15) is 11.5 Å². The van der Waals surface area contributed by atoms with E-state index in [1.165, 1.54) is 12.4 Å².